The fourth-order valence-electron chi connectivity index (χ4n) is 2.92. The van der Waals surface area contributed by atoms with Crippen LogP contribution in [0.1, 0.15) is 41.8 Å². The summed E-state index contributed by atoms with van der Waals surface area (Å²) in [5.41, 5.74) is 7.52. The summed E-state index contributed by atoms with van der Waals surface area (Å²) in [7, 11) is 0. The summed E-state index contributed by atoms with van der Waals surface area (Å²) in [5.74, 6) is 0.290. The van der Waals surface area contributed by atoms with Gasteiger partial charge in [-0.1, -0.05) is 15.9 Å². The number of nitrogens with two attached hydrogens (primary N) is 1. The Morgan fingerprint density at radius 1 is 1.33 bits per heavy atom. The molecule has 1 aromatic heterocycles. The number of fused-ring (bicyclic) bond motifs is 1. The second-order valence-electron chi connectivity index (χ2n) is 5.78. The Morgan fingerprint density at radius 2 is 2.05 bits per heavy atom. The first-order chi connectivity index (χ1) is 10.0. The SMILES string of the molecule is Cc1c(C(=O)NC2CCC(N)CC2)oc2ccc(Br)cc12. The number of hydrogen-bond donors (Lipinski definition) is 2. The molecule has 21 heavy (non-hydrogen) atoms. The number of benzene rings is 1. The maximum absolute atomic E-state index is 12.4. The van der Waals surface area contributed by atoms with Crippen LogP contribution in [0.3, 0.4) is 0 Å². The molecule has 112 valence electrons. The van der Waals surface area contributed by atoms with Crippen molar-refractivity contribution >= 4 is 32.8 Å². The van der Waals surface area contributed by atoms with Gasteiger partial charge in [-0.25, -0.2) is 0 Å². The highest BCUT2D eigenvalue weighted by Gasteiger charge is 2.23. The van der Waals surface area contributed by atoms with Gasteiger partial charge in [-0.2, -0.15) is 0 Å². The van der Waals surface area contributed by atoms with Gasteiger partial charge in [0.1, 0.15) is 5.58 Å². The molecule has 0 bridgehead atoms. The van der Waals surface area contributed by atoms with E-state index in [4.69, 9.17) is 10.2 Å². The Hall–Kier alpha value is -1.33. The number of furan rings is 1. The number of carbonyl (C=O) groups excluding carboxylic acids is 1. The number of nitrogens with one attached hydrogen (secondary N) is 1. The minimum absolute atomic E-state index is 0.125. The van der Waals surface area contributed by atoms with Crippen molar-refractivity contribution in [3.05, 3.63) is 34.0 Å². The Kier molecular flexibility index (Phi) is 4.04. The summed E-state index contributed by atoms with van der Waals surface area (Å²) in [5, 5.41) is 4.04. The molecular weight excluding hydrogens is 332 g/mol. The molecule has 0 unspecified atom stereocenters. The van der Waals surface area contributed by atoms with E-state index in [2.05, 4.69) is 21.2 Å². The van der Waals surface area contributed by atoms with E-state index < -0.39 is 0 Å². The summed E-state index contributed by atoms with van der Waals surface area (Å²) >= 11 is 3.44. The largest absolute Gasteiger partial charge is 0.451 e. The molecule has 0 spiro atoms. The van der Waals surface area contributed by atoms with Crippen LogP contribution in [-0.4, -0.2) is 18.0 Å². The molecule has 1 aliphatic carbocycles. The van der Waals surface area contributed by atoms with E-state index in [0.29, 0.717) is 5.76 Å². The molecule has 1 aromatic carbocycles. The predicted molar refractivity (Wildman–Crippen MR) is 86.3 cm³/mol. The molecule has 0 atom stereocenters. The molecule has 0 radical (unpaired) electrons. The van der Waals surface area contributed by atoms with Crippen LogP contribution in [0.5, 0.6) is 0 Å². The van der Waals surface area contributed by atoms with Gasteiger partial charge in [-0.3, -0.25) is 4.79 Å². The monoisotopic (exact) mass is 350 g/mol. The first-order valence-corrected chi connectivity index (χ1v) is 8.09. The normalized spacial score (nSPS) is 22.4. The van der Waals surface area contributed by atoms with Gasteiger partial charge in [0.15, 0.2) is 5.76 Å². The quantitative estimate of drug-likeness (QED) is 0.870. The van der Waals surface area contributed by atoms with Crippen molar-refractivity contribution in [1.82, 2.24) is 5.32 Å². The zero-order valence-electron chi connectivity index (χ0n) is 12.0. The van der Waals surface area contributed by atoms with Crippen LogP contribution in [0.15, 0.2) is 27.1 Å². The molecule has 1 amide bonds. The summed E-state index contributed by atoms with van der Waals surface area (Å²) in [6, 6.07) is 6.25. The lowest BCUT2D eigenvalue weighted by Crippen LogP contribution is -2.40. The number of hydrogen-bond acceptors (Lipinski definition) is 3. The number of carbonyl (C=O) groups is 1. The van der Waals surface area contributed by atoms with Crippen LogP contribution < -0.4 is 11.1 Å². The molecule has 0 saturated heterocycles. The van der Waals surface area contributed by atoms with Crippen LogP contribution in [0.4, 0.5) is 0 Å². The van der Waals surface area contributed by atoms with Crippen LogP contribution in [-0.2, 0) is 0 Å². The lowest BCUT2D eigenvalue weighted by molar-refractivity contribution is 0.0899. The van der Waals surface area contributed by atoms with Gasteiger partial charge in [0.25, 0.3) is 5.91 Å². The van der Waals surface area contributed by atoms with E-state index in [0.717, 1.165) is 46.7 Å². The Labute approximate surface area is 132 Å². The number of rotatable bonds is 2. The average molecular weight is 351 g/mol. The number of halogens is 1. The minimum atomic E-state index is -0.125. The van der Waals surface area contributed by atoms with Crippen LogP contribution in [0.2, 0.25) is 0 Å². The highest BCUT2D eigenvalue weighted by atomic mass is 79.9. The average Bonchev–Trinajstić information content (AvgIpc) is 2.79. The van der Waals surface area contributed by atoms with Crippen LogP contribution in [0.25, 0.3) is 11.0 Å². The van der Waals surface area contributed by atoms with E-state index in [1.54, 1.807) is 0 Å². The summed E-state index contributed by atoms with van der Waals surface area (Å²) in [6.07, 6.45) is 3.82. The fourth-order valence-corrected chi connectivity index (χ4v) is 3.29. The summed E-state index contributed by atoms with van der Waals surface area (Å²) in [4.78, 5) is 12.4. The number of amides is 1. The van der Waals surface area contributed by atoms with E-state index in [1.165, 1.54) is 0 Å². The lowest BCUT2D eigenvalue weighted by Gasteiger charge is -2.26. The molecule has 2 aromatic rings. The van der Waals surface area contributed by atoms with Crippen molar-refractivity contribution in [3.63, 3.8) is 0 Å². The standard InChI is InChI=1S/C16H19BrN2O2/c1-9-13-8-10(17)2-7-14(13)21-15(9)16(20)19-12-5-3-11(18)4-6-12/h2,7-8,11-12H,3-6,18H2,1H3,(H,19,20). The van der Waals surface area contributed by atoms with Crippen molar-refractivity contribution in [3.8, 4) is 0 Å². The van der Waals surface area contributed by atoms with E-state index >= 15 is 0 Å². The molecule has 0 aliphatic heterocycles. The maximum Gasteiger partial charge on any atom is 0.287 e. The van der Waals surface area contributed by atoms with Crippen molar-refractivity contribution in [2.45, 2.75) is 44.7 Å². The van der Waals surface area contributed by atoms with Crippen molar-refractivity contribution in [2.24, 2.45) is 5.73 Å². The third kappa shape index (κ3) is 2.99. The van der Waals surface area contributed by atoms with Gasteiger partial charge >= 0.3 is 0 Å². The summed E-state index contributed by atoms with van der Waals surface area (Å²) in [6.45, 7) is 1.92. The Bertz CT molecular complexity index is 672. The lowest BCUT2D eigenvalue weighted by atomic mass is 9.92. The van der Waals surface area contributed by atoms with Crippen LogP contribution in [0, 0.1) is 6.92 Å². The molecule has 5 heteroatoms. The highest BCUT2D eigenvalue weighted by Crippen LogP contribution is 2.28. The zero-order valence-corrected chi connectivity index (χ0v) is 13.6. The van der Waals surface area contributed by atoms with Gasteiger partial charge < -0.3 is 15.5 Å². The van der Waals surface area contributed by atoms with Crippen LogP contribution >= 0.6 is 15.9 Å². The van der Waals surface area contributed by atoms with Gasteiger partial charge in [0.05, 0.1) is 0 Å². The number of aryl methyl sites for hydroxylation is 1. The molecule has 1 saturated carbocycles. The van der Waals surface area contributed by atoms with Crippen molar-refractivity contribution < 1.29 is 9.21 Å². The second-order valence-corrected chi connectivity index (χ2v) is 6.70. The Balaban J connectivity index is 1.80. The second kappa shape index (κ2) is 5.81. The first-order valence-electron chi connectivity index (χ1n) is 7.29. The molecule has 1 fully saturated rings. The first kappa shape index (κ1) is 14.6. The molecule has 4 nitrogen and oxygen atoms in total. The van der Waals surface area contributed by atoms with Crippen molar-refractivity contribution in [1.29, 1.82) is 0 Å². The predicted octanol–water partition coefficient (Wildman–Crippen LogP) is 3.50. The molecule has 3 N–H and O–H groups in total. The van der Waals surface area contributed by atoms with E-state index in [-0.39, 0.29) is 18.0 Å². The zero-order chi connectivity index (χ0) is 15.0. The molecule has 3 rings (SSSR count). The van der Waals surface area contributed by atoms with Gasteiger partial charge in [-0.15, -0.1) is 0 Å². The smallest absolute Gasteiger partial charge is 0.287 e. The molecular formula is C16H19BrN2O2. The van der Waals surface area contributed by atoms with Crippen molar-refractivity contribution in [2.75, 3.05) is 0 Å². The molecule has 1 aliphatic rings. The van der Waals surface area contributed by atoms with E-state index in [1.807, 2.05) is 25.1 Å². The fraction of sp³-hybridized carbons (Fsp3) is 0.438. The topological polar surface area (TPSA) is 68.3 Å². The third-order valence-corrected chi connectivity index (χ3v) is 4.70. The Morgan fingerprint density at radius 3 is 2.76 bits per heavy atom. The minimum Gasteiger partial charge on any atom is -0.451 e. The third-order valence-electron chi connectivity index (χ3n) is 4.21. The molecule has 1 heterocycles. The van der Waals surface area contributed by atoms with Gasteiger partial charge in [-0.05, 0) is 50.8 Å². The van der Waals surface area contributed by atoms with Gasteiger partial charge in [0.2, 0.25) is 0 Å². The van der Waals surface area contributed by atoms with Gasteiger partial charge in [0, 0.05) is 27.5 Å². The highest BCUT2D eigenvalue weighted by molar-refractivity contribution is 9.10. The maximum atomic E-state index is 12.4. The van der Waals surface area contributed by atoms with E-state index in [9.17, 15) is 4.79 Å². The summed E-state index contributed by atoms with van der Waals surface area (Å²) < 4.78 is 6.70.